The van der Waals surface area contributed by atoms with E-state index in [0.717, 1.165) is 15.6 Å². The third kappa shape index (κ3) is 3.60. The molecule has 0 spiro atoms. The Morgan fingerprint density at radius 3 is 2.40 bits per heavy atom. The van der Waals surface area contributed by atoms with E-state index in [2.05, 4.69) is 4.98 Å². The van der Waals surface area contributed by atoms with Crippen molar-refractivity contribution in [1.82, 2.24) is 18.7 Å². The lowest BCUT2D eigenvalue weighted by molar-refractivity contribution is 0.314. The van der Waals surface area contributed by atoms with Gasteiger partial charge in [-0.15, -0.1) is 0 Å². The molecule has 0 amide bonds. The van der Waals surface area contributed by atoms with Gasteiger partial charge in [0.2, 0.25) is 15.0 Å². The standard InChI is InChI=1S/C19H24N4O6S/c1-6-9-29-14-8-7-13(28-5)10-12(14)11-30(26,27)18-20-16-15(21(18)2)17(24)23(4)19(25)22(16)3/h7-8,10H,6,9,11H2,1-5H3. The van der Waals surface area contributed by atoms with E-state index >= 15 is 0 Å². The highest BCUT2D eigenvalue weighted by atomic mass is 32.2. The fourth-order valence-corrected chi connectivity index (χ4v) is 4.69. The van der Waals surface area contributed by atoms with Gasteiger partial charge in [0.25, 0.3) is 5.56 Å². The van der Waals surface area contributed by atoms with Gasteiger partial charge in [-0.1, -0.05) is 6.92 Å². The first-order valence-corrected chi connectivity index (χ1v) is 10.9. The maximum absolute atomic E-state index is 13.2. The zero-order valence-electron chi connectivity index (χ0n) is 17.5. The second kappa shape index (κ2) is 7.98. The highest BCUT2D eigenvalue weighted by Crippen LogP contribution is 2.28. The van der Waals surface area contributed by atoms with E-state index < -0.39 is 26.8 Å². The first kappa shape index (κ1) is 21.6. The van der Waals surface area contributed by atoms with Crippen LogP contribution in [0.1, 0.15) is 18.9 Å². The summed E-state index contributed by atoms with van der Waals surface area (Å²) in [5.41, 5.74) is -0.740. The Hall–Kier alpha value is -3.08. The van der Waals surface area contributed by atoms with Crippen molar-refractivity contribution in [3.05, 3.63) is 44.6 Å². The van der Waals surface area contributed by atoms with Crippen LogP contribution in [-0.4, -0.2) is 40.8 Å². The summed E-state index contributed by atoms with van der Waals surface area (Å²) in [6.07, 6.45) is 0.764. The van der Waals surface area contributed by atoms with Crippen molar-refractivity contribution >= 4 is 21.0 Å². The maximum atomic E-state index is 13.2. The summed E-state index contributed by atoms with van der Waals surface area (Å²) in [5, 5.41) is -0.305. The first-order valence-electron chi connectivity index (χ1n) is 9.27. The summed E-state index contributed by atoms with van der Waals surface area (Å²) in [6.45, 7) is 2.38. The lowest BCUT2D eigenvalue weighted by Gasteiger charge is -2.13. The second-order valence-corrected chi connectivity index (χ2v) is 8.80. The number of ether oxygens (including phenoxy) is 2. The normalized spacial score (nSPS) is 11.8. The van der Waals surface area contributed by atoms with E-state index in [4.69, 9.17) is 9.47 Å². The van der Waals surface area contributed by atoms with Gasteiger partial charge in [-0.2, -0.15) is 4.98 Å². The van der Waals surface area contributed by atoms with E-state index in [1.54, 1.807) is 18.2 Å². The number of hydrogen-bond donors (Lipinski definition) is 0. The number of hydrogen-bond acceptors (Lipinski definition) is 7. The van der Waals surface area contributed by atoms with E-state index in [-0.39, 0.29) is 16.3 Å². The van der Waals surface area contributed by atoms with Gasteiger partial charge in [-0.3, -0.25) is 13.9 Å². The molecule has 30 heavy (non-hydrogen) atoms. The Morgan fingerprint density at radius 1 is 1.07 bits per heavy atom. The fourth-order valence-electron chi connectivity index (χ4n) is 3.19. The molecule has 0 bridgehead atoms. The minimum Gasteiger partial charge on any atom is -0.497 e. The maximum Gasteiger partial charge on any atom is 0.332 e. The minimum atomic E-state index is -3.98. The van der Waals surface area contributed by atoms with Crippen molar-refractivity contribution in [3.63, 3.8) is 0 Å². The number of nitrogens with zero attached hydrogens (tertiary/aromatic N) is 4. The zero-order valence-corrected chi connectivity index (χ0v) is 18.3. The van der Waals surface area contributed by atoms with Crippen LogP contribution in [0.15, 0.2) is 32.9 Å². The van der Waals surface area contributed by atoms with Crippen LogP contribution in [0.5, 0.6) is 11.5 Å². The summed E-state index contributed by atoms with van der Waals surface area (Å²) in [7, 11) is 1.71. The van der Waals surface area contributed by atoms with E-state index in [9.17, 15) is 18.0 Å². The highest BCUT2D eigenvalue weighted by Gasteiger charge is 2.27. The second-order valence-electron chi connectivity index (χ2n) is 6.91. The molecular formula is C19H24N4O6S. The van der Waals surface area contributed by atoms with Crippen LogP contribution in [0.3, 0.4) is 0 Å². The lowest BCUT2D eigenvalue weighted by atomic mass is 10.2. The molecule has 0 fully saturated rings. The zero-order chi connectivity index (χ0) is 22.2. The van der Waals surface area contributed by atoms with Gasteiger partial charge in [0.15, 0.2) is 11.2 Å². The Morgan fingerprint density at radius 2 is 1.77 bits per heavy atom. The minimum absolute atomic E-state index is 0.0114. The summed E-state index contributed by atoms with van der Waals surface area (Å²) < 4.78 is 40.6. The molecule has 0 N–H and O–H groups in total. The molecule has 10 nitrogen and oxygen atoms in total. The average molecular weight is 436 g/mol. The van der Waals surface area contributed by atoms with Crippen LogP contribution in [-0.2, 0) is 36.7 Å². The Kier molecular flexibility index (Phi) is 5.75. The van der Waals surface area contributed by atoms with Crippen LogP contribution < -0.4 is 20.7 Å². The molecule has 0 unspecified atom stereocenters. The van der Waals surface area contributed by atoms with Crippen LogP contribution in [0.25, 0.3) is 11.2 Å². The molecule has 162 valence electrons. The number of benzene rings is 1. The molecule has 11 heteroatoms. The van der Waals surface area contributed by atoms with Crippen LogP contribution in [0, 0.1) is 0 Å². The lowest BCUT2D eigenvalue weighted by Crippen LogP contribution is -2.37. The molecule has 0 aliphatic rings. The largest absolute Gasteiger partial charge is 0.497 e. The SMILES string of the molecule is CCCOc1ccc(OC)cc1CS(=O)(=O)c1nc2c(c(=O)n(C)c(=O)n2C)n1C. The molecule has 0 radical (unpaired) electrons. The van der Waals surface area contributed by atoms with Crippen LogP contribution >= 0.6 is 0 Å². The number of aryl methyl sites for hydroxylation is 2. The molecule has 0 atom stereocenters. The molecule has 0 saturated carbocycles. The predicted molar refractivity (Wildman–Crippen MR) is 111 cm³/mol. The quantitative estimate of drug-likeness (QED) is 0.537. The molecule has 0 aliphatic heterocycles. The number of aromatic nitrogens is 4. The van der Waals surface area contributed by atoms with Gasteiger partial charge in [0.05, 0.1) is 19.5 Å². The third-order valence-electron chi connectivity index (χ3n) is 4.79. The summed E-state index contributed by atoms with van der Waals surface area (Å²) in [5.74, 6) is 0.517. The van der Waals surface area contributed by atoms with Gasteiger partial charge in [0, 0.05) is 26.7 Å². The third-order valence-corrected chi connectivity index (χ3v) is 6.40. The monoisotopic (exact) mass is 436 g/mol. The van der Waals surface area contributed by atoms with Crippen LogP contribution in [0.4, 0.5) is 0 Å². The van der Waals surface area contributed by atoms with E-state index in [0.29, 0.717) is 23.7 Å². The van der Waals surface area contributed by atoms with E-state index in [1.165, 1.54) is 32.8 Å². The molecule has 3 rings (SSSR count). The summed E-state index contributed by atoms with van der Waals surface area (Å²) >= 11 is 0. The Labute approximate surface area is 173 Å². The number of rotatable bonds is 7. The molecule has 2 heterocycles. The highest BCUT2D eigenvalue weighted by molar-refractivity contribution is 7.90. The van der Waals surface area contributed by atoms with Gasteiger partial charge in [-0.05, 0) is 24.6 Å². The average Bonchev–Trinajstić information content (AvgIpc) is 3.07. The fraction of sp³-hybridized carbons (Fsp3) is 0.421. The molecule has 0 saturated heterocycles. The van der Waals surface area contributed by atoms with Gasteiger partial charge in [0.1, 0.15) is 11.5 Å². The molecule has 1 aromatic carbocycles. The molecule has 3 aromatic rings. The van der Waals surface area contributed by atoms with Crippen molar-refractivity contribution in [1.29, 1.82) is 0 Å². The Balaban J connectivity index is 2.16. The van der Waals surface area contributed by atoms with Crippen molar-refractivity contribution in [2.24, 2.45) is 21.1 Å². The van der Waals surface area contributed by atoms with Crippen molar-refractivity contribution in [2.45, 2.75) is 24.3 Å². The number of imidazole rings is 1. The predicted octanol–water partition coefficient (Wildman–Crippen LogP) is 0.742. The van der Waals surface area contributed by atoms with Crippen LogP contribution in [0.2, 0.25) is 0 Å². The Bertz CT molecular complexity index is 1330. The van der Waals surface area contributed by atoms with E-state index in [1.807, 2.05) is 6.92 Å². The summed E-state index contributed by atoms with van der Waals surface area (Å²) in [6, 6.07) is 4.95. The first-order chi connectivity index (χ1) is 14.1. The molecule has 0 aliphatic carbocycles. The number of methoxy groups -OCH3 is 1. The van der Waals surface area contributed by atoms with Crippen molar-refractivity contribution in [2.75, 3.05) is 13.7 Å². The number of sulfone groups is 1. The number of fused-ring (bicyclic) bond motifs is 1. The van der Waals surface area contributed by atoms with Gasteiger partial charge in [-0.25, -0.2) is 13.2 Å². The van der Waals surface area contributed by atoms with Gasteiger partial charge >= 0.3 is 5.69 Å². The van der Waals surface area contributed by atoms with Crippen molar-refractivity contribution in [3.8, 4) is 11.5 Å². The molecule has 2 aromatic heterocycles. The van der Waals surface area contributed by atoms with Gasteiger partial charge < -0.3 is 14.0 Å². The smallest absolute Gasteiger partial charge is 0.332 e. The topological polar surface area (TPSA) is 114 Å². The molecular weight excluding hydrogens is 412 g/mol. The van der Waals surface area contributed by atoms with Crippen molar-refractivity contribution < 1.29 is 17.9 Å². The summed E-state index contributed by atoms with van der Waals surface area (Å²) in [4.78, 5) is 28.8.